The Hall–Kier alpha value is -1.65. The maximum Gasteiger partial charge on any atom is 0.224 e. The predicted octanol–water partition coefficient (Wildman–Crippen LogP) is 2.23. The fraction of sp³-hybridized carbons (Fsp3) is 0.667. The highest BCUT2D eigenvalue weighted by molar-refractivity contribution is 5.84. The first-order valence-electron chi connectivity index (χ1n) is 7.04. The number of carbonyl (C=O) groups excluding carboxylic acids is 1. The number of carbonyl (C=O) groups is 1. The summed E-state index contributed by atoms with van der Waals surface area (Å²) in [4.78, 5) is 12.4. The van der Waals surface area contributed by atoms with Gasteiger partial charge in [0, 0.05) is 7.05 Å². The lowest BCUT2D eigenvalue weighted by Gasteiger charge is -2.13. The van der Waals surface area contributed by atoms with E-state index in [0.717, 1.165) is 5.82 Å². The van der Waals surface area contributed by atoms with Crippen molar-refractivity contribution in [3.05, 3.63) is 23.8 Å². The van der Waals surface area contributed by atoms with Gasteiger partial charge in [0.2, 0.25) is 5.91 Å². The predicted molar refractivity (Wildman–Crippen MR) is 77.8 cm³/mol. The van der Waals surface area contributed by atoms with Gasteiger partial charge in [-0.1, -0.05) is 25.5 Å². The minimum absolute atomic E-state index is 0.0426. The van der Waals surface area contributed by atoms with E-state index in [0.29, 0.717) is 5.92 Å². The average molecular weight is 276 g/mol. The molecule has 5 nitrogen and oxygen atoms in total. The van der Waals surface area contributed by atoms with Gasteiger partial charge in [0.15, 0.2) is 5.82 Å². The second kappa shape index (κ2) is 5.04. The van der Waals surface area contributed by atoms with Crippen LogP contribution in [0.15, 0.2) is 18.0 Å². The van der Waals surface area contributed by atoms with Crippen molar-refractivity contribution in [2.75, 3.05) is 0 Å². The average Bonchev–Trinajstić information content (AvgIpc) is 2.68. The molecular weight excluding hydrogens is 252 g/mol. The van der Waals surface area contributed by atoms with E-state index in [-0.39, 0.29) is 23.3 Å². The van der Waals surface area contributed by atoms with Gasteiger partial charge < -0.3 is 9.88 Å². The standard InChI is InChI=1S/C15H24N4O/c1-9(2)7-11-12(15(11,4)5)14(20)17-10(3)13-18-16-8-19(13)6/h7-8,10-12H,1-6H3,(H,17,20)/t10-,11+,12+/m0/s1. The molecule has 20 heavy (non-hydrogen) atoms. The second-order valence-electron chi connectivity index (χ2n) is 6.60. The largest absolute Gasteiger partial charge is 0.346 e. The van der Waals surface area contributed by atoms with Crippen LogP contribution in [0.3, 0.4) is 0 Å². The molecule has 1 aliphatic rings. The summed E-state index contributed by atoms with van der Waals surface area (Å²) in [6.07, 6.45) is 3.85. The van der Waals surface area contributed by atoms with E-state index in [4.69, 9.17) is 0 Å². The number of hydrogen-bond donors (Lipinski definition) is 1. The summed E-state index contributed by atoms with van der Waals surface area (Å²) >= 11 is 0. The van der Waals surface area contributed by atoms with Crippen molar-refractivity contribution in [1.82, 2.24) is 20.1 Å². The van der Waals surface area contributed by atoms with Crippen LogP contribution < -0.4 is 5.32 Å². The minimum Gasteiger partial charge on any atom is -0.346 e. The van der Waals surface area contributed by atoms with Gasteiger partial charge in [-0.25, -0.2) is 0 Å². The smallest absolute Gasteiger partial charge is 0.224 e. The lowest BCUT2D eigenvalue weighted by Crippen LogP contribution is -2.31. The second-order valence-corrected chi connectivity index (χ2v) is 6.60. The van der Waals surface area contributed by atoms with Gasteiger partial charge in [0.25, 0.3) is 0 Å². The molecule has 1 heterocycles. The normalized spacial score (nSPS) is 24.9. The van der Waals surface area contributed by atoms with Crippen LogP contribution in [0.1, 0.15) is 46.5 Å². The molecule has 0 saturated heterocycles. The van der Waals surface area contributed by atoms with Crippen LogP contribution in [0.5, 0.6) is 0 Å². The van der Waals surface area contributed by atoms with Gasteiger partial charge in [-0.3, -0.25) is 4.79 Å². The summed E-state index contributed by atoms with van der Waals surface area (Å²) in [5.74, 6) is 1.26. The molecule has 1 saturated carbocycles. The van der Waals surface area contributed by atoms with Crippen LogP contribution in [0.2, 0.25) is 0 Å². The Morgan fingerprint density at radius 1 is 1.50 bits per heavy atom. The van der Waals surface area contributed by atoms with Crippen LogP contribution in [0, 0.1) is 17.3 Å². The summed E-state index contributed by atoms with van der Waals surface area (Å²) in [5.41, 5.74) is 1.31. The van der Waals surface area contributed by atoms with E-state index < -0.39 is 0 Å². The summed E-state index contributed by atoms with van der Waals surface area (Å²) < 4.78 is 1.83. The molecule has 0 bridgehead atoms. The molecule has 0 aromatic carbocycles. The highest BCUT2D eigenvalue weighted by Gasteiger charge is 2.60. The maximum atomic E-state index is 12.4. The van der Waals surface area contributed by atoms with E-state index >= 15 is 0 Å². The lowest BCUT2D eigenvalue weighted by atomic mass is 10.1. The summed E-state index contributed by atoms with van der Waals surface area (Å²) in [5, 5.41) is 10.9. The van der Waals surface area contributed by atoms with E-state index in [1.54, 1.807) is 6.33 Å². The Balaban J connectivity index is 2.03. The molecule has 2 rings (SSSR count). The van der Waals surface area contributed by atoms with Crippen molar-refractivity contribution >= 4 is 5.91 Å². The first-order chi connectivity index (χ1) is 9.25. The van der Waals surface area contributed by atoms with E-state index in [9.17, 15) is 4.79 Å². The molecule has 1 fully saturated rings. The first-order valence-corrected chi connectivity index (χ1v) is 7.04. The van der Waals surface area contributed by atoms with Crippen LogP contribution in [0.4, 0.5) is 0 Å². The van der Waals surface area contributed by atoms with Crippen LogP contribution in [-0.4, -0.2) is 20.7 Å². The van der Waals surface area contributed by atoms with Gasteiger partial charge >= 0.3 is 0 Å². The maximum absolute atomic E-state index is 12.4. The molecule has 1 aromatic rings. The molecular formula is C15H24N4O. The Kier molecular flexibility index (Phi) is 3.71. The van der Waals surface area contributed by atoms with Crippen LogP contribution in [-0.2, 0) is 11.8 Å². The van der Waals surface area contributed by atoms with Crippen LogP contribution >= 0.6 is 0 Å². The van der Waals surface area contributed by atoms with E-state index in [2.05, 4.69) is 49.3 Å². The van der Waals surface area contributed by atoms with Crippen molar-refractivity contribution in [1.29, 1.82) is 0 Å². The highest BCUT2D eigenvalue weighted by atomic mass is 16.2. The Labute approximate surface area is 120 Å². The molecule has 1 aliphatic carbocycles. The zero-order valence-corrected chi connectivity index (χ0v) is 13.1. The molecule has 110 valence electrons. The molecule has 0 unspecified atom stereocenters. The van der Waals surface area contributed by atoms with Gasteiger partial charge in [-0.2, -0.15) is 0 Å². The fourth-order valence-electron chi connectivity index (χ4n) is 2.90. The molecule has 0 radical (unpaired) electrons. The quantitative estimate of drug-likeness (QED) is 0.858. The molecule has 5 heteroatoms. The Morgan fingerprint density at radius 3 is 2.65 bits per heavy atom. The minimum atomic E-state index is -0.126. The number of nitrogens with zero attached hydrogens (tertiary/aromatic N) is 3. The highest BCUT2D eigenvalue weighted by Crippen LogP contribution is 2.59. The Morgan fingerprint density at radius 2 is 2.15 bits per heavy atom. The SMILES string of the molecule is CC(C)=C[C@@H]1[C@H](C(=O)N[C@@H](C)c2nncn2C)C1(C)C. The number of aromatic nitrogens is 3. The van der Waals surface area contributed by atoms with Crippen molar-refractivity contribution < 1.29 is 4.79 Å². The number of aryl methyl sites for hydroxylation is 1. The summed E-state index contributed by atoms with van der Waals surface area (Å²) in [7, 11) is 1.88. The molecule has 1 N–H and O–H groups in total. The monoisotopic (exact) mass is 276 g/mol. The third-order valence-electron chi connectivity index (χ3n) is 4.20. The van der Waals surface area contributed by atoms with Gasteiger partial charge in [0.05, 0.1) is 12.0 Å². The topological polar surface area (TPSA) is 59.8 Å². The third kappa shape index (κ3) is 2.62. The number of amides is 1. The number of rotatable bonds is 4. The van der Waals surface area contributed by atoms with Crippen molar-refractivity contribution in [2.24, 2.45) is 24.3 Å². The fourth-order valence-corrected chi connectivity index (χ4v) is 2.90. The van der Waals surface area contributed by atoms with Gasteiger partial charge in [-0.05, 0) is 32.1 Å². The van der Waals surface area contributed by atoms with Gasteiger partial charge in [0.1, 0.15) is 6.33 Å². The number of hydrogen-bond acceptors (Lipinski definition) is 3. The summed E-state index contributed by atoms with van der Waals surface area (Å²) in [6.45, 7) is 10.4. The Bertz CT molecular complexity index is 540. The summed E-state index contributed by atoms with van der Waals surface area (Å²) in [6, 6.07) is -0.126. The van der Waals surface area contributed by atoms with Crippen molar-refractivity contribution in [3.63, 3.8) is 0 Å². The zero-order chi connectivity index (χ0) is 15.1. The number of allylic oxidation sites excluding steroid dienone is 2. The zero-order valence-electron chi connectivity index (χ0n) is 13.1. The van der Waals surface area contributed by atoms with Crippen molar-refractivity contribution in [3.8, 4) is 0 Å². The molecule has 3 atom stereocenters. The molecule has 0 aliphatic heterocycles. The molecule has 1 amide bonds. The first kappa shape index (κ1) is 14.8. The van der Waals surface area contributed by atoms with E-state index in [1.807, 2.05) is 18.5 Å². The molecule has 0 spiro atoms. The lowest BCUT2D eigenvalue weighted by molar-refractivity contribution is -0.123. The molecule has 1 aromatic heterocycles. The van der Waals surface area contributed by atoms with E-state index in [1.165, 1.54) is 5.57 Å². The third-order valence-corrected chi connectivity index (χ3v) is 4.20. The van der Waals surface area contributed by atoms with Gasteiger partial charge in [-0.15, -0.1) is 10.2 Å². The number of nitrogens with one attached hydrogen (secondary N) is 1. The van der Waals surface area contributed by atoms with Crippen LogP contribution in [0.25, 0.3) is 0 Å². The van der Waals surface area contributed by atoms with Crippen molar-refractivity contribution in [2.45, 2.75) is 40.7 Å².